The first-order chi connectivity index (χ1) is 17.1. The molecule has 0 radical (unpaired) electrons. The highest BCUT2D eigenvalue weighted by molar-refractivity contribution is 5.95. The van der Waals surface area contributed by atoms with Crippen LogP contribution < -0.4 is 14.9 Å². The molecule has 7 heteroatoms. The van der Waals surface area contributed by atoms with Gasteiger partial charge in [-0.1, -0.05) is 42.5 Å². The molecule has 0 saturated carbocycles. The van der Waals surface area contributed by atoms with Crippen LogP contribution in [-0.2, 0) is 13.1 Å². The van der Waals surface area contributed by atoms with Crippen LogP contribution in [0.25, 0.3) is 0 Å². The van der Waals surface area contributed by atoms with Gasteiger partial charge in [-0.25, -0.2) is 5.43 Å². The average molecular weight is 473 g/mol. The molecule has 0 atom stereocenters. The fourth-order valence-electron chi connectivity index (χ4n) is 4.13. The quantitative estimate of drug-likeness (QED) is 0.379. The van der Waals surface area contributed by atoms with Crippen molar-refractivity contribution in [1.82, 2.24) is 15.2 Å². The third-order valence-electron chi connectivity index (χ3n) is 6.14. The second-order valence-electron chi connectivity index (χ2n) is 8.54. The van der Waals surface area contributed by atoms with Gasteiger partial charge in [0, 0.05) is 50.4 Å². The summed E-state index contributed by atoms with van der Waals surface area (Å²) in [6.07, 6.45) is 1.55. The van der Waals surface area contributed by atoms with E-state index in [9.17, 15) is 4.79 Å². The first-order valence-corrected chi connectivity index (χ1v) is 11.8. The SMILES string of the molecule is COc1ccc(OC)c(/C=N\NC(=O)c2ccc(CN3CCN(Cc4ccccc4)CC3)cc2)c1. The number of benzene rings is 3. The summed E-state index contributed by atoms with van der Waals surface area (Å²) in [5.74, 6) is 1.07. The van der Waals surface area contributed by atoms with Gasteiger partial charge in [-0.3, -0.25) is 14.6 Å². The molecule has 0 unspecified atom stereocenters. The second kappa shape index (κ2) is 12.1. The van der Waals surface area contributed by atoms with Crippen molar-refractivity contribution in [1.29, 1.82) is 0 Å². The number of piperazine rings is 1. The van der Waals surface area contributed by atoms with Gasteiger partial charge in [-0.05, 0) is 41.5 Å². The number of carbonyl (C=O) groups excluding carboxylic acids is 1. The van der Waals surface area contributed by atoms with E-state index in [2.05, 4.69) is 50.7 Å². The van der Waals surface area contributed by atoms with Gasteiger partial charge in [0.2, 0.25) is 0 Å². The number of carbonyl (C=O) groups is 1. The number of amides is 1. The molecule has 35 heavy (non-hydrogen) atoms. The van der Waals surface area contributed by atoms with Crippen LogP contribution in [0.3, 0.4) is 0 Å². The number of hydrazone groups is 1. The Bertz CT molecular complexity index is 1120. The van der Waals surface area contributed by atoms with E-state index < -0.39 is 0 Å². The molecular weight excluding hydrogens is 440 g/mol. The highest BCUT2D eigenvalue weighted by Crippen LogP contribution is 2.22. The van der Waals surface area contributed by atoms with Crippen LogP contribution in [0.4, 0.5) is 0 Å². The van der Waals surface area contributed by atoms with E-state index in [1.165, 1.54) is 11.1 Å². The minimum absolute atomic E-state index is 0.260. The summed E-state index contributed by atoms with van der Waals surface area (Å²) in [4.78, 5) is 17.5. The molecule has 0 spiro atoms. The maximum Gasteiger partial charge on any atom is 0.271 e. The van der Waals surface area contributed by atoms with E-state index >= 15 is 0 Å². The number of hydrogen-bond acceptors (Lipinski definition) is 6. The van der Waals surface area contributed by atoms with E-state index in [1.54, 1.807) is 38.6 Å². The summed E-state index contributed by atoms with van der Waals surface area (Å²) in [6.45, 7) is 6.09. The van der Waals surface area contributed by atoms with Crippen molar-refractivity contribution in [3.05, 3.63) is 95.1 Å². The van der Waals surface area contributed by atoms with Crippen molar-refractivity contribution in [3.63, 3.8) is 0 Å². The van der Waals surface area contributed by atoms with Crippen LogP contribution in [0, 0.1) is 0 Å². The summed E-state index contributed by atoms with van der Waals surface area (Å²) in [6, 6.07) is 23.7. The van der Waals surface area contributed by atoms with Crippen molar-refractivity contribution in [2.24, 2.45) is 5.10 Å². The van der Waals surface area contributed by atoms with Crippen molar-refractivity contribution in [2.45, 2.75) is 13.1 Å². The molecule has 3 aromatic carbocycles. The monoisotopic (exact) mass is 472 g/mol. The molecule has 0 aliphatic carbocycles. The Hall–Kier alpha value is -3.68. The largest absolute Gasteiger partial charge is 0.497 e. The first-order valence-electron chi connectivity index (χ1n) is 11.8. The van der Waals surface area contributed by atoms with Crippen molar-refractivity contribution < 1.29 is 14.3 Å². The summed E-state index contributed by atoms with van der Waals surface area (Å²) in [5, 5.41) is 4.08. The van der Waals surface area contributed by atoms with Crippen molar-refractivity contribution >= 4 is 12.1 Å². The Morgan fingerprint density at radius 1 is 0.857 bits per heavy atom. The molecule has 0 aromatic heterocycles. The van der Waals surface area contributed by atoms with Crippen LogP contribution in [0.1, 0.15) is 27.0 Å². The molecule has 0 bridgehead atoms. The van der Waals surface area contributed by atoms with Crippen molar-refractivity contribution in [3.8, 4) is 11.5 Å². The van der Waals surface area contributed by atoms with Gasteiger partial charge in [-0.15, -0.1) is 0 Å². The molecule has 1 amide bonds. The molecule has 1 aliphatic rings. The highest BCUT2D eigenvalue weighted by atomic mass is 16.5. The Morgan fingerprint density at radius 3 is 2.09 bits per heavy atom. The summed E-state index contributed by atoms with van der Waals surface area (Å²) >= 11 is 0. The first kappa shape index (κ1) is 24.4. The molecule has 7 nitrogen and oxygen atoms in total. The van der Waals surface area contributed by atoms with Gasteiger partial charge in [0.25, 0.3) is 5.91 Å². The van der Waals surface area contributed by atoms with E-state index in [4.69, 9.17) is 9.47 Å². The summed E-state index contributed by atoms with van der Waals surface area (Å²) in [7, 11) is 3.18. The average Bonchev–Trinajstić information content (AvgIpc) is 2.90. The Balaban J connectivity index is 1.25. The van der Waals surface area contributed by atoms with Crippen molar-refractivity contribution in [2.75, 3.05) is 40.4 Å². The molecule has 3 aromatic rings. The third-order valence-corrected chi connectivity index (χ3v) is 6.14. The fourth-order valence-corrected chi connectivity index (χ4v) is 4.13. The van der Waals surface area contributed by atoms with Crippen LogP contribution in [-0.4, -0.2) is 62.3 Å². The minimum Gasteiger partial charge on any atom is -0.497 e. The molecule has 1 aliphatic heterocycles. The smallest absolute Gasteiger partial charge is 0.271 e. The summed E-state index contributed by atoms with van der Waals surface area (Å²) in [5.41, 5.74) is 6.42. The zero-order valence-electron chi connectivity index (χ0n) is 20.3. The molecule has 1 fully saturated rings. The normalized spacial score (nSPS) is 14.7. The Kier molecular flexibility index (Phi) is 8.48. The minimum atomic E-state index is -0.260. The lowest BCUT2D eigenvalue weighted by molar-refractivity contribution is 0.0955. The molecular formula is C28H32N4O3. The standard InChI is InChI=1S/C28H32N4O3/c1-34-26-12-13-27(35-2)25(18-26)19-29-30-28(33)24-10-8-23(9-11-24)21-32-16-14-31(15-17-32)20-22-6-4-3-5-7-22/h3-13,18-19H,14-17,20-21H2,1-2H3,(H,30,33)/b29-19-. The number of rotatable bonds is 9. The molecule has 1 N–H and O–H groups in total. The molecule has 4 rings (SSSR count). The number of nitrogens with one attached hydrogen (secondary N) is 1. The van der Waals surface area contributed by atoms with E-state index in [-0.39, 0.29) is 5.91 Å². The molecule has 1 heterocycles. The van der Waals surface area contributed by atoms with E-state index in [1.807, 2.05) is 24.3 Å². The number of nitrogens with zero attached hydrogens (tertiary/aromatic N) is 3. The topological polar surface area (TPSA) is 66.4 Å². The Morgan fingerprint density at radius 2 is 1.49 bits per heavy atom. The summed E-state index contributed by atoms with van der Waals surface area (Å²) < 4.78 is 10.6. The number of methoxy groups -OCH3 is 2. The van der Waals surface area contributed by atoms with Gasteiger partial charge in [-0.2, -0.15) is 5.10 Å². The third kappa shape index (κ3) is 6.91. The zero-order valence-corrected chi connectivity index (χ0v) is 20.3. The lowest BCUT2D eigenvalue weighted by atomic mass is 10.1. The highest BCUT2D eigenvalue weighted by Gasteiger charge is 2.17. The fraction of sp³-hybridized carbons (Fsp3) is 0.286. The number of hydrogen-bond donors (Lipinski definition) is 1. The lowest BCUT2D eigenvalue weighted by Gasteiger charge is -2.34. The van der Waals surface area contributed by atoms with Gasteiger partial charge in [0.05, 0.1) is 20.4 Å². The molecule has 1 saturated heterocycles. The predicted molar refractivity (Wildman–Crippen MR) is 138 cm³/mol. The van der Waals surface area contributed by atoms with Gasteiger partial charge in [0.1, 0.15) is 11.5 Å². The van der Waals surface area contributed by atoms with Gasteiger partial charge < -0.3 is 9.47 Å². The lowest BCUT2D eigenvalue weighted by Crippen LogP contribution is -2.45. The van der Waals surface area contributed by atoms with Crippen LogP contribution in [0.2, 0.25) is 0 Å². The Labute approximate surface area is 207 Å². The maximum atomic E-state index is 12.5. The predicted octanol–water partition coefficient (Wildman–Crippen LogP) is 3.79. The van der Waals surface area contributed by atoms with Crippen LogP contribution in [0.5, 0.6) is 11.5 Å². The van der Waals surface area contributed by atoms with Crippen LogP contribution in [0.15, 0.2) is 77.9 Å². The molecule has 182 valence electrons. The van der Waals surface area contributed by atoms with Gasteiger partial charge >= 0.3 is 0 Å². The second-order valence-corrected chi connectivity index (χ2v) is 8.54. The maximum absolute atomic E-state index is 12.5. The van der Waals surface area contributed by atoms with E-state index in [0.717, 1.165) is 39.3 Å². The van der Waals surface area contributed by atoms with E-state index in [0.29, 0.717) is 22.6 Å². The number of ether oxygens (including phenoxy) is 2. The van der Waals surface area contributed by atoms with Gasteiger partial charge in [0.15, 0.2) is 0 Å². The van der Waals surface area contributed by atoms with Crippen LogP contribution >= 0.6 is 0 Å². The zero-order chi connectivity index (χ0) is 24.5.